The monoisotopic (exact) mass is 335 g/mol. The van der Waals surface area contributed by atoms with Gasteiger partial charge in [-0.05, 0) is 30.5 Å². The molecule has 0 radical (unpaired) electrons. The molecule has 2 fully saturated rings. The van der Waals surface area contributed by atoms with E-state index in [2.05, 4.69) is 15.1 Å². The normalized spacial score (nSPS) is 20.8. The summed E-state index contributed by atoms with van der Waals surface area (Å²) in [6, 6.07) is 6.30. The van der Waals surface area contributed by atoms with Gasteiger partial charge < -0.3 is 10.1 Å². The lowest BCUT2D eigenvalue weighted by molar-refractivity contribution is -0.127. The Morgan fingerprint density at radius 2 is 1.92 bits per heavy atom. The van der Waals surface area contributed by atoms with Crippen LogP contribution in [-0.4, -0.2) is 68.2 Å². The Morgan fingerprint density at radius 3 is 2.50 bits per heavy atom. The molecule has 1 aromatic rings. The smallest absolute Gasteiger partial charge is 0.242 e. The maximum Gasteiger partial charge on any atom is 0.242 e. The highest BCUT2D eigenvalue weighted by molar-refractivity contribution is 5.83. The number of rotatable bonds is 7. The van der Waals surface area contributed by atoms with Crippen LogP contribution in [0.4, 0.5) is 4.39 Å². The molecule has 1 aliphatic carbocycles. The third-order valence-electron chi connectivity index (χ3n) is 4.74. The Balaban J connectivity index is 1.67. The van der Waals surface area contributed by atoms with E-state index < -0.39 is 0 Å². The Bertz CT molecular complexity index is 540. The summed E-state index contributed by atoms with van der Waals surface area (Å²) in [5.41, 5.74) is 0.861. The van der Waals surface area contributed by atoms with Gasteiger partial charge in [-0.25, -0.2) is 4.39 Å². The van der Waals surface area contributed by atoms with Crippen LogP contribution < -0.4 is 5.32 Å². The lowest BCUT2D eigenvalue weighted by Gasteiger charge is -2.38. The van der Waals surface area contributed by atoms with Crippen LogP contribution in [0.2, 0.25) is 0 Å². The number of hydrogen-bond acceptors (Lipinski definition) is 4. The molecule has 1 saturated heterocycles. The molecule has 1 atom stereocenters. The van der Waals surface area contributed by atoms with Crippen molar-refractivity contribution < 1.29 is 13.9 Å². The SMILES string of the molecule is COCCN1CCN([C@H](C(=O)NC2CC2)c2ccc(F)cc2)CC1. The summed E-state index contributed by atoms with van der Waals surface area (Å²) >= 11 is 0. The molecule has 2 aliphatic rings. The number of methoxy groups -OCH3 is 1. The largest absolute Gasteiger partial charge is 0.383 e. The van der Waals surface area contributed by atoms with Crippen LogP contribution in [0.5, 0.6) is 0 Å². The van der Waals surface area contributed by atoms with Crippen LogP contribution in [0.1, 0.15) is 24.4 Å². The standard InChI is InChI=1S/C18H26FN3O2/c1-24-13-12-21-8-10-22(11-9-21)17(18(23)20-16-6-7-16)14-2-4-15(19)5-3-14/h2-5,16-17H,6-13H2,1H3,(H,20,23)/t17-/m0/s1. The van der Waals surface area contributed by atoms with Gasteiger partial charge in [-0.3, -0.25) is 14.6 Å². The number of halogens is 1. The van der Waals surface area contributed by atoms with E-state index in [1.807, 2.05) is 0 Å². The summed E-state index contributed by atoms with van der Waals surface area (Å²) in [6.07, 6.45) is 2.12. The molecule has 0 spiro atoms. The van der Waals surface area contributed by atoms with Gasteiger partial charge in [-0.15, -0.1) is 0 Å². The second-order valence-electron chi connectivity index (χ2n) is 6.61. The van der Waals surface area contributed by atoms with Gasteiger partial charge in [0.25, 0.3) is 0 Å². The number of hydrogen-bond donors (Lipinski definition) is 1. The van der Waals surface area contributed by atoms with E-state index in [1.165, 1.54) is 12.1 Å². The number of ether oxygens (including phenoxy) is 1. The minimum Gasteiger partial charge on any atom is -0.383 e. The van der Waals surface area contributed by atoms with Gasteiger partial charge in [0, 0.05) is 45.9 Å². The quantitative estimate of drug-likeness (QED) is 0.818. The second kappa shape index (κ2) is 8.05. The molecule has 1 aliphatic heterocycles. The molecule has 0 aromatic heterocycles. The number of amides is 1. The molecule has 5 nitrogen and oxygen atoms in total. The van der Waals surface area contributed by atoms with E-state index in [-0.39, 0.29) is 17.8 Å². The highest BCUT2D eigenvalue weighted by Crippen LogP contribution is 2.26. The minimum atomic E-state index is -0.337. The first kappa shape index (κ1) is 17.3. The van der Waals surface area contributed by atoms with Crippen LogP contribution in [0.3, 0.4) is 0 Å². The van der Waals surface area contributed by atoms with Crippen molar-refractivity contribution in [2.24, 2.45) is 0 Å². The maximum absolute atomic E-state index is 13.3. The predicted octanol–water partition coefficient (Wildman–Crippen LogP) is 1.41. The first-order valence-corrected chi connectivity index (χ1v) is 8.68. The third kappa shape index (κ3) is 4.53. The van der Waals surface area contributed by atoms with Gasteiger partial charge in [0.1, 0.15) is 11.9 Å². The van der Waals surface area contributed by atoms with Crippen molar-refractivity contribution in [2.75, 3.05) is 46.4 Å². The zero-order valence-electron chi connectivity index (χ0n) is 14.2. The van der Waals surface area contributed by atoms with Crippen molar-refractivity contribution in [2.45, 2.75) is 24.9 Å². The van der Waals surface area contributed by atoms with Crippen LogP contribution in [0, 0.1) is 5.82 Å². The molecule has 0 bridgehead atoms. The predicted molar refractivity (Wildman–Crippen MR) is 90.2 cm³/mol. The van der Waals surface area contributed by atoms with Crippen molar-refractivity contribution in [1.29, 1.82) is 0 Å². The molecule has 0 unspecified atom stereocenters. The average molecular weight is 335 g/mol. The van der Waals surface area contributed by atoms with Gasteiger partial charge in [-0.1, -0.05) is 12.1 Å². The summed E-state index contributed by atoms with van der Waals surface area (Å²) in [7, 11) is 1.71. The number of carbonyl (C=O) groups excluding carboxylic acids is 1. The molecule has 1 N–H and O–H groups in total. The molecular formula is C18H26FN3O2. The Kier molecular flexibility index (Phi) is 5.81. The lowest BCUT2D eigenvalue weighted by atomic mass is 10.0. The van der Waals surface area contributed by atoms with Crippen molar-refractivity contribution >= 4 is 5.91 Å². The van der Waals surface area contributed by atoms with Crippen LogP contribution >= 0.6 is 0 Å². The van der Waals surface area contributed by atoms with E-state index in [9.17, 15) is 9.18 Å². The van der Waals surface area contributed by atoms with E-state index in [0.717, 1.165) is 57.7 Å². The van der Waals surface area contributed by atoms with Crippen LogP contribution in [0.15, 0.2) is 24.3 Å². The Labute approximate surface area is 142 Å². The molecule has 132 valence electrons. The van der Waals surface area contributed by atoms with E-state index in [1.54, 1.807) is 19.2 Å². The fraction of sp³-hybridized carbons (Fsp3) is 0.611. The minimum absolute atomic E-state index is 0.0365. The number of carbonyl (C=O) groups is 1. The fourth-order valence-corrected chi connectivity index (χ4v) is 3.15. The summed E-state index contributed by atoms with van der Waals surface area (Å²) in [5.74, 6) is -0.237. The third-order valence-corrected chi connectivity index (χ3v) is 4.74. The molecule has 24 heavy (non-hydrogen) atoms. The number of piperazine rings is 1. The number of nitrogens with zero attached hydrogens (tertiary/aromatic N) is 2. The summed E-state index contributed by atoms with van der Waals surface area (Å²) < 4.78 is 18.4. The van der Waals surface area contributed by atoms with Crippen molar-refractivity contribution in [3.8, 4) is 0 Å². The zero-order chi connectivity index (χ0) is 16.9. The summed E-state index contributed by atoms with van der Waals surface area (Å²) in [6.45, 7) is 5.12. The van der Waals surface area contributed by atoms with Gasteiger partial charge in [-0.2, -0.15) is 0 Å². The Morgan fingerprint density at radius 1 is 1.25 bits per heavy atom. The molecule has 6 heteroatoms. The van der Waals surface area contributed by atoms with Crippen LogP contribution in [-0.2, 0) is 9.53 Å². The van der Waals surface area contributed by atoms with Crippen molar-refractivity contribution in [3.63, 3.8) is 0 Å². The summed E-state index contributed by atoms with van der Waals surface area (Å²) in [5, 5.41) is 3.10. The van der Waals surface area contributed by atoms with E-state index in [4.69, 9.17) is 4.74 Å². The topological polar surface area (TPSA) is 44.8 Å². The van der Waals surface area contributed by atoms with E-state index >= 15 is 0 Å². The lowest BCUT2D eigenvalue weighted by Crippen LogP contribution is -2.51. The molecule has 1 aromatic carbocycles. The maximum atomic E-state index is 13.3. The average Bonchev–Trinajstić information content (AvgIpc) is 3.40. The van der Waals surface area contributed by atoms with Gasteiger partial charge in [0.15, 0.2) is 0 Å². The first-order valence-electron chi connectivity index (χ1n) is 8.68. The van der Waals surface area contributed by atoms with Crippen molar-refractivity contribution in [1.82, 2.24) is 15.1 Å². The number of nitrogens with one attached hydrogen (secondary N) is 1. The highest BCUT2D eigenvalue weighted by Gasteiger charge is 2.33. The molecular weight excluding hydrogens is 309 g/mol. The second-order valence-corrected chi connectivity index (χ2v) is 6.61. The Hall–Kier alpha value is -1.50. The van der Waals surface area contributed by atoms with Gasteiger partial charge >= 0.3 is 0 Å². The zero-order valence-corrected chi connectivity index (χ0v) is 14.2. The molecule has 3 rings (SSSR count). The fourth-order valence-electron chi connectivity index (χ4n) is 3.15. The van der Waals surface area contributed by atoms with Gasteiger partial charge in [0.05, 0.1) is 6.61 Å². The summed E-state index contributed by atoms with van der Waals surface area (Å²) in [4.78, 5) is 17.3. The van der Waals surface area contributed by atoms with Gasteiger partial charge in [0.2, 0.25) is 5.91 Å². The van der Waals surface area contributed by atoms with Crippen LogP contribution in [0.25, 0.3) is 0 Å². The number of benzene rings is 1. The molecule has 1 amide bonds. The van der Waals surface area contributed by atoms with Crippen molar-refractivity contribution in [3.05, 3.63) is 35.6 Å². The molecule has 1 saturated carbocycles. The molecule has 1 heterocycles. The first-order chi connectivity index (χ1) is 11.7. The highest BCUT2D eigenvalue weighted by atomic mass is 19.1. The van der Waals surface area contributed by atoms with E-state index in [0.29, 0.717) is 6.04 Å².